The van der Waals surface area contributed by atoms with Gasteiger partial charge in [-0.2, -0.15) is 0 Å². The zero-order valence-electron chi connectivity index (χ0n) is 20.3. The van der Waals surface area contributed by atoms with Crippen molar-refractivity contribution >= 4 is 12.1 Å². The Kier molecular flexibility index (Phi) is 5.77. The van der Waals surface area contributed by atoms with Gasteiger partial charge in [0.2, 0.25) is 0 Å². The van der Waals surface area contributed by atoms with Crippen molar-refractivity contribution in [2.24, 2.45) is 0 Å². The molecule has 2 aromatic rings. The van der Waals surface area contributed by atoms with E-state index in [0.29, 0.717) is 0 Å². The van der Waals surface area contributed by atoms with Crippen LogP contribution in [0.15, 0.2) is 54.6 Å². The van der Waals surface area contributed by atoms with Gasteiger partial charge in [0.25, 0.3) is 0 Å². The first-order valence-electron chi connectivity index (χ1n) is 11.5. The number of carbonyl (C=O) groups is 2. The van der Waals surface area contributed by atoms with E-state index < -0.39 is 23.0 Å². The summed E-state index contributed by atoms with van der Waals surface area (Å²) in [6.07, 6.45) is 0.249. The van der Waals surface area contributed by atoms with Crippen LogP contribution in [-0.2, 0) is 31.2 Å². The van der Waals surface area contributed by atoms with Gasteiger partial charge in [-0.05, 0) is 58.2 Å². The van der Waals surface area contributed by atoms with Gasteiger partial charge in [0.15, 0.2) is 0 Å². The summed E-state index contributed by atoms with van der Waals surface area (Å²) in [6, 6.07) is 17.5. The minimum Gasteiger partial charge on any atom is -0.460 e. The van der Waals surface area contributed by atoms with Crippen molar-refractivity contribution in [2.45, 2.75) is 83.5 Å². The van der Waals surface area contributed by atoms with Gasteiger partial charge in [0, 0.05) is 6.42 Å². The number of rotatable bonds is 5. The van der Waals surface area contributed by atoms with E-state index in [2.05, 4.69) is 0 Å². The van der Waals surface area contributed by atoms with Crippen LogP contribution in [0.4, 0.5) is 4.79 Å². The van der Waals surface area contributed by atoms with Crippen molar-refractivity contribution in [3.63, 3.8) is 0 Å². The molecule has 0 N–H and O–H groups in total. The van der Waals surface area contributed by atoms with Crippen LogP contribution in [0, 0.1) is 0 Å². The van der Waals surface area contributed by atoms with E-state index in [1.807, 2.05) is 96.1 Å². The van der Waals surface area contributed by atoms with E-state index in [1.165, 1.54) is 0 Å². The molecule has 2 aromatic carbocycles. The van der Waals surface area contributed by atoms with Crippen molar-refractivity contribution in [3.05, 3.63) is 71.3 Å². The number of amides is 1. The number of benzene rings is 2. The van der Waals surface area contributed by atoms with Crippen LogP contribution >= 0.6 is 0 Å². The number of carbonyl (C=O) groups excluding carboxylic acids is 2. The summed E-state index contributed by atoms with van der Waals surface area (Å²) in [7, 11) is 0. The van der Waals surface area contributed by atoms with Crippen molar-refractivity contribution in [1.82, 2.24) is 4.90 Å². The lowest BCUT2D eigenvalue weighted by atomic mass is 9.95. The van der Waals surface area contributed by atoms with Crippen molar-refractivity contribution in [2.75, 3.05) is 0 Å². The number of esters is 1. The summed E-state index contributed by atoms with van der Waals surface area (Å²) < 4.78 is 17.4. The van der Waals surface area contributed by atoms with Crippen molar-refractivity contribution in [1.29, 1.82) is 0 Å². The lowest BCUT2D eigenvalue weighted by Crippen LogP contribution is -2.50. The van der Waals surface area contributed by atoms with E-state index in [0.717, 1.165) is 23.1 Å². The van der Waals surface area contributed by atoms with Crippen molar-refractivity contribution in [3.8, 4) is 0 Å². The smallest absolute Gasteiger partial charge is 0.413 e. The Morgan fingerprint density at radius 2 is 1.73 bits per heavy atom. The lowest BCUT2D eigenvalue weighted by Gasteiger charge is -2.37. The maximum atomic E-state index is 13.2. The molecule has 33 heavy (non-hydrogen) atoms. The molecule has 4 rings (SSSR count). The molecule has 1 aliphatic carbocycles. The minimum atomic E-state index is -0.779. The summed E-state index contributed by atoms with van der Waals surface area (Å²) in [4.78, 5) is 27.4. The SMILES string of the molecule is CC(C(=O)OC(C)(C)C)c1ccc(C23CC2OC(C)(C)N3C(=O)OCc2ccccc2)cc1. The highest BCUT2D eigenvalue weighted by molar-refractivity contribution is 5.78. The third kappa shape index (κ3) is 4.49. The average Bonchev–Trinajstić information content (AvgIpc) is 3.37. The van der Waals surface area contributed by atoms with E-state index in [-0.39, 0.29) is 24.6 Å². The summed E-state index contributed by atoms with van der Waals surface area (Å²) in [5.41, 5.74) is 0.932. The zero-order chi connectivity index (χ0) is 24.0. The maximum absolute atomic E-state index is 13.2. The van der Waals surface area contributed by atoms with Gasteiger partial charge in [-0.25, -0.2) is 4.79 Å². The molecule has 0 radical (unpaired) electrons. The van der Waals surface area contributed by atoms with Crippen LogP contribution in [0.3, 0.4) is 0 Å². The lowest BCUT2D eigenvalue weighted by molar-refractivity contribution is -0.156. The highest BCUT2D eigenvalue weighted by Gasteiger charge is 2.72. The molecule has 3 atom stereocenters. The topological polar surface area (TPSA) is 65.1 Å². The molecule has 176 valence electrons. The number of fused-ring (bicyclic) bond motifs is 1. The summed E-state index contributed by atoms with van der Waals surface area (Å²) in [5, 5.41) is 0. The van der Waals surface area contributed by atoms with Gasteiger partial charge in [0.05, 0.1) is 12.0 Å². The quantitative estimate of drug-likeness (QED) is 0.561. The number of ether oxygens (including phenoxy) is 3. The highest BCUT2D eigenvalue weighted by atomic mass is 16.6. The molecule has 0 spiro atoms. The predicted molar refractivity (Wildman–Crippen MR) is 124 cm³/mol. The Morgan fingerprint density at radius 1 is 1.09 bits per heavy atom. The molecular formula is C27H33NO5. The highest BCUT2D eigenvalue weighted by Crippen LogP contribution is 2.62. The fraction of sp³-hybridized carbons (Fsp3) is 0.481. The fourth-order valence-electron chi connectivity index (χ4n) is 4.67. The van der Waals surface area contributed by atoms with Crippen LogP contribution in [0.25, 0.3) is 0 Å². The molecule has 3 unspecified atom stereocenters. The largest absolute Gasteiger partial charge is 0.460 e. The molecular weight excluding hydrogens is 418 g/mol. The fourth-order valence-corrected chi connectivity index (χ4v) is 4.67. The van der Waals surface area contributed by atoms with E-state index in [1.54, 1.807) is 4.90 Å². The summed E-state index contributed by atoms with van der Waals surface area (Å²) in [5.74, 6) is -0.636. The second kappa shape index (κ2) is 8.17. The van der Waals surface area contributed by atoms with Gasteiger partial charge >= 0.3 is 12.1 Å². The summed E-state index contributed by atoms with van der Waals surface area (Å²) in [6.45, 7) is 11.4. The molecule has 1 saturated carbocycles. The first-order chi connectivity index (χ1) is 15.4. The number of nitrogens with zero attached hydrogens (tertiary/aromatic N) is 1. The second-order valence-electron chi connectivity index (χ2n) is 10.4. The molecule has 1 amide bonds. The minimum absolute atomic E-state index is 0.0779. The Bertz CT molecular complexity index is 1020. The maximum Gasteiger partial charge on any atom is 0.413 e. The molecule has 6 heteroatoms. The Labute approximate surface area is 195 Å². The first kappa shape index (κ1) is 23.3. The second-order valence-corrected chi connectivity index (χ2v) is 10.4. The van der Waals surface area contributed by atoms with Gasteiger partial charge < -0.3 is 14.2 Å². The summed E-state index contributed by atoms with van der Waals surface area (Å²) >= 11 is 0. The Morgan fingerprint density at radius 3 is 2.33 bits per heavy atom. The third-order valence-corrected chi connectivity index (χ3v) is 6.30. The molecule has 0 aromatic heterocycles. The van der Waals surface area contributed by atoms with E-state index in [4.69, 9.17) is 14.2 Å². The molecule has 0 bridgehead atoms. The number of hydrogen-bond acceptors (Lipinski definition) is 5. The Balaban J connectivity index is 1.52. The first-order valence-corrected chi connectivity index (χ1v) is 11.5. The van der Waals surface area contributed by atoms with Gasteiger partial charge in [0.1, 0.15) is 23.5 Å². The predicted octanol–water partition coefficient (Wildman–Crippen LogP) is 5.50. The zero-order valence-corrected chi connectivity index (χ0v) is 20.3. The van der Waals surface area contributed by atoms with Gasteiger partial charge in [-0.15, -0.1) is 0 Å². The average molecular weight is 452 g/mol. The monoisotopic (exact) mass is 451 g/mol. The van der Waals surface area contributed by atoms with Crippen molar-refractivity contribution < 1.29 is 23.8 Å². The Hall–Kier alpha value is -2.86. The molecule has 1 heterocycles. The van der Waals surface area contributed by atoms with E-state index >= 15 is 0 Å². The molecule has 6 nitrogen and oxygen atoms in total. The molecule has 1 saturated heterocycles. The molecule has 2 fully saturated rings. The van der Waals surface area contributed by atoms with Gasteiger partial charge in [-0.3, -0.25) is 9.69 Å². The standard InChI is InChI=1S/C27H33NO5/c1-18(23(29)33-25(2,3)4)20-12-14-21(15-13-20)27-16-22(27)32-26(5,6)28(27)24(30)31-17-19-10-8-7-9-11-19/h7-15,18,22H,16-17H2,1-6H3. The van der Waals surface area contributed by atoms with Crippen LogP contribution in [-0.4, -0.2) is 34.4 Å². The molecule has 1 aliphatic heterocycles. The van der Waals surface area contributed by atoms with E-state index in [9.17, 15) is 9.59 Å². The molecule has 2 aliphatic rings. The van der Waals surface area contributed by atoms with Crippen LogP contribution in [0.1, 0.15) is 70.6 Å². The third-order valence-electron chi connectivity index (χ3n) is 6.30. The van der Waals surface area contributed by atoms with Crippen LogP contribution in [0.5, 0.6) is 0 Å². The van der Waals surface area contributed by atoms with Gasteiger partial charge in [-0.1, -0.05) is 54.6 Å². The number of hydrogen-bond donors (Lipinski definition) is 0. The van der Waals surface area contributed by atoms with Crippen LogP contribution < -0.4 is 0 Å². The van der Waals surface area contributed by atoms with Crippen LogP contribution in [0.2, 0.25) is 0 Å². The normalized spacial score (nSPS) is 24.1.